The summed E-state index contributed by atoms with van der Waals surface area (Å²) < 4.78 is 0. The van der Waals surface area contributed by atoms with Crippen molar-refractivity contribution in [2.45, 2.75) is 12.8 Å². The van der Waals surface area contributed by atoms with E-state index in [1.54, 1.807) is 14.1 Å². The quantitative estimate of drug-likeness (QED) is 0.510. The molecule has 3 N–H and O–H groups in total. The van der Waals surface area contributed by atoms with E-state index >= 15 is 0 Å². The lowest BCUT2D eigenvalue weighted by molar-refractivity contribution is -0.121. The zero-order chi connectivity index (χ0) is 12.4. The van der Waals surface area contributed by atoms with Crippen LogP contribution in [0.15, 0.2) is 0 Å². The smallest absolute Gasteiger partial charge is 0.316 e. The summed E-state index contributed by atoms with van der Waals surface area (Å²) in [5, 5.41) is 8.38. The minimum absolute atomic E-state index is 0.0225. The Bertz CT molecular complexity index is 219. The highest BCUT2D eigenvalue weighted by Crippen LogP contribution is 1.85. The van der Waals surface area contributed by atoms with E-state index < -0.39 is 0 Å². The van der Waals surface area contributed by atoms with E-state index in [4.69, 9.17) is 0 Å². The zero-order valence-electron chi connectivity index (χ0n) is 10.3. The molecule has 0 aromatic rings. The lowest BCUT2D eigenvalue weighted by Gasteiger charge is -2.12. The summed E-state index contributed by atoms with van der Waals surface area (Å²) in [6.07, 6.45) is 1.34. The lowest BCUT2D eigenvalue weighted by atomic mass is 10.3. The molecule has 6 nitrogen and oxygen atoms in total. The molecule has 0 saturated heterocycles. The van der Waals surface area contributed by atoms with Crippen LogP contribution in [0.3, 0.4) is 0 Å². The molecule has 0 unspecified atom stereocenters. The van der Waals surface area contributed by atoms with Crippen molar-refractivity contribution in [2.24, 2.45) is 0 Å². The Hall–Kier alpha value is -1.30. The summed E-state index contributed by atoms with van der Waals surface area (Å²) in [5.74, 6) is 0.0225. The van der Waals surface area contributed by atoms with Crippen molar-refractivity contribution in [1.29, 1.82) is 0 Å². The van der Waals surface area contributed by atoms with Gasteiger partial charge >= 0.3 is 6.03 Å². The lowest BCUT2D eigenvalue weighted by Crippen LogP contribution is -2.39. The van der Waals surface area contributed by atoms with Gasteiger partial charge in [0.2, 0.25) is 5.91 Å². The van der Waals surface area contributed by atoms with Crippen LogP contribution < -0.4 is 16.0 Å². The highest BCUT2D eigenvalue weighted by Gasteiger charge is 2.02. The summed E-state index contributed by atoms with van der Waals surface area (Å²) in [4.78, 5) is 23.8. The standard InChI is InChI=1S/C10H22N4O2/c1-11-6-4-5-9(15)12-7-8-13-10(16)14(2)3/h11H,4-8H2,1-3H3,(H,12,15)(H,13,16). The van der Waals surface area contributed by atoms with Gasteiger partial charge in [-0.1, -0.05) is 0 Å². The molecule has 0 bridgehead atoms. The van der Waals surface area contributed by atoms with Gasteiger partial charge in [0.15, 0.2) is 0 Å². The molecule has 3 amide bonds. The monoisotopic (exact) mass is 230 g/mol. The number of rotatable bonds is 7. The van der Waals surface area contributed by atoms with Gasteiger partial charge in [0, 0.05) is 33.6 Å². The predicted molar refractivity (Wildman–Crippen MR) is 63.3 cm³/mol. The molecule has 94 valence electrons. The summed E-state index contributed by atoms with van der Waals surface area (Å²) in [6, 6.07) is -0.149. The third-order valence-corrected chi connectivity index (χ3v) is 1.96. The molecule has 0 rings (SSSR count). The van der Waals surface area contributed by atoms with Crippen molar-refractivity contribution in [2.75, 3.05) is 40.8 Å². The predicted octanol–water partition coefficient (Wildman–Crippen LogP) is -0.627. The molecule has 16 heavy (non-hydrogen) atoms. The summed E-state index contributed by atoms with van der Waals surface area (Å²) >= 11 is 0. The van der Waals surface area contributed by atoms with Gasteiger partial charge in [-0.2, -0.15) is 0 Å². The Balaban J connectivity index is 3.37. The first-order chi connectivity index (χ1) is 7.57. The van der Waals surface area contributed by atoms with Crippen LogP contribution in [0.25, 0.3) is 0 Å². The third kappa shape index (κ3) is 8.05. The van der Waals surface area contributed by atoms with E-state index in [-0.39, 0.29) is 11.9 Å². The number of hydrogen-bond acceptors (Lipinski definition) is 3. The first-order valence-electron chi connectivity index (χ1n) is 5.44. The Labute approximate surface area is 96.8 Å². The molecule has 0 radical (unpaired) electrons. The molecule has 0 aromatic heterocycles. The molecule has 0 aliphatic carbocycles. The highest BCUT2D eigenvalue weighted by molar-refractivity contribution is 5.76. The van der Waals surface area contributed by atoms with Crippen LogP contribution in [0.4, 0.5) is 4.79 Å². The maximum Gasteiger partial charge on any atom is 0.316 e. The topological polar surface area (TPSA) is 73.5 Å². The largest absolute Gasteiger partial charge is 0.354 e. The van der Waals surface area contributed by atoms with Crippen molar-refractivity contribution in [3.8, 4) is 0 Å². The second kappa shape index (κ2) is 8.96. The fourth-order valence-corrected chi connectivity index (χ4v) is 1.04. The average molecular weight is 230 g/mol. The zero-order valence-corrected chi connectivity index (χ0v) is 10.3. The van der Waals surface area contributed by atoms with Crippen LogP contribution in [-0.2, 0) is 4.79 Å². The van der Waals surface area contributed by atoms with E-state index in [2.05, 4.69) is 16.0 Å². The van der Waals surface area contributed by atoms with Crippen LogP contribution in [0.2, 0.25) is 0 Å². The van der Waals surface area contributed by atoms with Crippen molar-refractivity contribution < 1.29 is 9.59 Å². The van der Waals surface area contributed by atoms with E-state index in [0.717, 1.165) is 13.0 Å². The van der Waals surface area contributed by atoms with E-state index in [9.17, 15) is 9.59 Å². The average Bonchev–Trinajstić information content (AvgIpc) is 2.24. The summed E-state index contributed by atoms with van der Waals surface area (Å²) in [7, 11) is 5.20. The Morgan fingerprint density at radius 1 is 1.06 bits per heavy atom. The molecule has 0 aliphatic heterocycles. The number of amides is 3. The van der Waals surface area contributed by atoms with Gasteiger partial charge in [-0.05, 0) is 20.0 Å². The molecular formula is C10H22N4O2. The maximum atomic E-state index is 11.2. The highest BCUT2D eigenvalue weighted by atomic mass is 16.2. The molecule has 0 atom stereocenters. The fraction of sp³-hybridized carbons (Fsp3) is 0.800. The van der Waals surface area contributed by atoms with Crippen LogP contribution in [0, 0.1) is 0 Å². The van der Waals surface area contributed by atoms with Crippen LogP contribution in [0.1, 0.15) is 12.8 Å². The maximum absolute atomic E-state index is 11.2. The van der Waals surface area contributed by atoms with E-state index in [0.29, 0.717) is 19.5 Å². The van der Waals surface area contributed by atoms with Gasteiger partial charge < -0.3 is 20.9 Å². The summed E-state index contributed by atoms with van der Waals surface area (Å²) in [6.45, 7) is 1.76. The Morgan fingerprint density at radius 3 is 2.25 bits per heavy atom. The Morgan fingerprint density at radius 2 is 1.69 bits per heavy atom. The van der Waals surface area contributed by atoms with Crippen molar-refractivity contribution in [3.63, 3.8) is 0 Å². The molecule has 0 fully saturated rings. The van der Waals surface area contributed by atoms with Crippen LogP contribution in [0.5, 0.6) is 0 Å². The van der Waals surface area contributed by atoms with Gasteiger partial charge in [0.1, 0.15) is 0 Å². The number of nitrogens with one attached hydrogen (secondary N) is 3. The van der Waals surface area contributed by atoms with Crippen molar-refractivity contribution in [3.05, 3.63) is 0 Å². The van der Waals surface area contributed by atoms with Gasteiger partial charge in [-0.15, -0.1) is 0 Å². The van der Waals surface area contributed by atoms with Crippen LogP contribution in [-0.4, -0.2) is 57.6 Å². The molecule has 6 heteroatoms. The molecule has 0 aromatic carbocycles. The van der Waals surface area contributed by atoms with Crippen LogP contribution >= 0.6 is 0 Å². The van der Waals surface area contributed by atoms with Gasteiger partial charge in [0.25, 0.3) is 0 Å². The van der Waals surface area contributed by atoms with Crippen molar-refractivity contribution >= 4 is 11.9 Å². The number of hydrogen-bond donors (Lipinski definition) is 3. The van der Waals surface area contributed by atoms with Crippen molar-refractivity contribution in [1.82, 2.24) is 20.9 Å². The number of carbonyl (C=O) groups excluding carboxylic acids is 2. The number of urea groups is 1. The normalized spacial score (nSPS) is 9.69. The second-order valence-corrected chi connectivity index (χ2v) is 3.68. The molecular weight excluding hydrogens is 208 g/mol. The van der Waals surface area contributed by atoms with E-state index in [1.165, 1.54) is 4.90 Å². The minimum Gasteiger partial charge on any atom is -0.354 e. The second-order valence-electron chi connectivity index (χ2n) is 3.68. The Kier molecular flexibility index (Phi) is 8.24. The third-order valence-electron chi connectivity index (χ3n) is 1.96. The fourth-order valence-electron chi connectivity index (χ4n) is 1.04. The SMILES string of the molecule is CNCCCC(=O)NCCNC(=O)N(C)C. The van der Waals surface area contributed by atoms with E-state index in [1.807, 2.05) is 7.05 Å². The summed E-state index contributed by atoms with van der Waals surface area (Å²) in [5.41, 5.74) is 0. The van der Waals surface area contributed by atoms with Gasteiger partial charge in [-0.3, -0.25) is 4.79 Å². The first-order valence-corrected chi connectivity index (χ1v) is 5.44. The molecule has 0 heterocycles. The van der Waals surface area contributed by atoms with Gasteiger partial charge in [-0.25, -0.2) is 4.79 Å². The molecule has 0 spiro atoms. The number of nitrogens with zero attached hydrogens (tertiary/aromatic N) is 1. The molecule has 0 saturated carbocycles. The first kappa shape index (κ1) is 14.7. The number of carbonyl (C=O) groups is 2. The van der Waals surface area contributed by atoms with Gasteiger partial charge in [0.05, 0.1) is 0 Å². The molecule has 0 aliphatic rings. The minimum atomic E-state index is -0.149.